The predicted octanol–water partition coefficient (Wildman–Crippen LogP) is 3.16. The maximum absolute atomic E-state index is 5.94. The lowest BCUT2D eigenvalue weighted by Crippen LogP contribution is -2.29. The fraction of sp³-hybridized carbons (Fsp3) is 0.308. The molecule has 0 bridgehead atoms. The fourth-order valence-electron chi connectivity index (χ4n) is 2.00. The van der Waals surface area contributed by atoms with Crippen molar-refractivity contribution < 1.29 is 0 Å². The number of aryl methyl sites for hydroxylation is 2. The standard InChI is InChI=1S/C13H16ClN3S/c1-8-5-10(6-9(2)16-8)12(17-15)7-11-3-4-13(14)18-11/h3-6,12,17H,7,15H2,1-2H3. The third kappa shape index (κ3) is 3.29. The summed E-state index contributed by atoms with van der Waals surface area (Å²) >= 11 is 7.53. The molecule has 0 aromatic carbocycles. The van der Waals surface area contributed by atoms with Gasteiger partial charge in [-0.25, -0.2) is 0 Å². The van der Waals surface area contributed by atoms with Gasteiger partial charge in [-0.2, -0.15) is 0 Å². The Kier molecular flexibility index (Phi) is 4.35. The first-order valence-electron chi connectivity index (χ1n) is 5.74. The molecule has 0 saturated carbocycles. The Hall–Kier alpha value is -0.940. The minimum atomic E-state index is 0.0834. The van der Waals surface area contributed by atoms with Crippen molar-refractivity contribution in [3.05, 3.63) is 50.4 Å². The number of pyridine rings is 1. The van der Waals surface area contributed by atoms with Gasteiger partial charge in [0.25, 0.3) is 0 Å². The highest BCUT2D eigenvalue weighted by molar-refractivity contribution is 7.16. The summed E-state index contributed by atoms with van der Waals surface area (Å²) in [6.45, 7) is 3.98. The van der Waals surface area contributed by atoms with E-state index >= 15 is 0 Å². The van der Waals surface area contributed by atoms with Gasteiger partial charge in [0, 0.05) is 22.7 Å². The predicted molar refractivity (Wildman–Crippen MR) is 76.8 cm³/mol. The summed E-state index contributed by atoms with van der Waals surface area (Å²) in [5, 5.41) is 0. The molecule has 1 atom stereocenters. The third-order valence-corrected chi connectivity index (χ3v) is 4.00. The first-order valence-corrected chi connectivity index (χ1v) is 6.93. The van der Waals surface area contributed by atoms with Crippen molar-refractivity contribution in [3.63, 3.8) is 0 Å². The molecule has 5 heteroatoms. The van der Waals surface area contributed by atoms with Crippen LogP contribution in [-0.2, 0) is 6.42 Å². The summed E-state index contributed by atoms with van der Waals surface area (Å²) in [6.07, 6.45) is 0.830. The summed E-state index contributed by atoms with van der Waals surface area (Å²) in [4.78, 5) is 5.59. The summed E-state index contributed by atoms with van der Waals surface area (Å²) in [6, 6.07) is 8.16. The maximum atomic E-state index is 5.94. The lowest BCUT2D eigenvalue weighted by atomic mass is 10.0. The van der Waals surface area contributed by atoms with E-state index in [1.165, 1.54) is 4.88 Å². The second kappa shape index (κ2) is 5.80. The van der Waals surface area contributed by atoms with Gasteiger partial charge in [-0.15, -0.1) is 11.3 Å². The van der Waals surface area contributed by atoms with Crippen LogP contribution in [0.3, 0.4) is 0 Å². The highest BCUT2D eigenvalue weighted by atomic mass is 35.5. The Morgan fingerprint density at radius 2 is 2.00 bits per heavy atom. The number of aromatic nitrogens is 1. The molecule has 18 heavy (non-hydrogen) atoms. The van der Waals surface area contributed by atoms with Crippen LogP contribution in [0.15, 0.2) is 24.3 Å². The first-order chi connectivity index (χ1) is 8.58. The summed E-state index contributed by atoms with van der Waals surface area (Å²) < 4.78 is 0.808. The van der Waals surface area contributed by atoms with Crippen LogP contribution in [0.25, 0.3) is 0 Å². The zero-order chi connectivity index (χ0) is 13.1. The Morgan fingerprint density at radius 1 is 1.33 bits per heavy atom. The van der Waals surface area contributed by atoms with Gasteiger partial charge in [0.1, 0.15) is 0 Å². The minimum Gasteiger partial charge on any atom is -0.271 e. The molecular formula is C13H16ClN3S. The van der Waals surface area contributed by atoms with Gasteiger partial charge in [0.15, 0.2) is 0 Å². The molecule has 0 aliphatic heterocycles. The molecule has 3 N–H and O–H groups in total. The number of nitrogens with one attached hydrogen (secondary N) is 1. The number of hydrazine groups is 1. The van der Waals surface area contributed by atoms with Gasteiger partial charge in [-0.3, -0.25) is 16.3 Å². The molecule has 2 aromatic rings. The Labute approximate surface area is 116 Å². The Balaban J connectivity index is 2.22. The van der Waals surface area contributed by atoms with Gasteiger partial charge in [0.05, 0.1) is 10.4 Å². The van der Waals surface area contributed by atoms with Crippen LogP contribution < -0.4 is 11.3 Å². The molecular weight excluding hydrogens is 266 g/mol. The number of hydrogen-bond donors (Lipinski definition) is 2. The Bertz CT molecular complexity index is 519. The quantitative estimate of drug-likeness (QED) is 0.669. The third-order valence-electron chi connectivity index (χ3n) is 2.74. The second-order valence-corrected chi connectivity index (χ2v) is 6.11. The van der Waals surface area contributed by atoms with Crippen molar-refractivity contribution in [1.29, 1.82) is 0 Å². The van der Waals surface area contributed by atoms with Crippen LogP contribution in [0.5, 0.6) is 0 Å². The lowest BCUT2D eigenvalue weighted by Gasteiger charge is -2.16. The Morgan fingerprint density at radius 3 is 2.50 bits per heavy atom. The average molecular weight is 282 g/mol. The molecule has 0 saturated heterocycles. The van der Waals surface area contributed by atoms with Crippen molar-refractivity contribution in [2.45, 2.75) is 26.3 Å². The molecule has 0 aliphatic carbocycles. The molecule has 96 valence electrons. The summed E-state index contributed by atoms with van der Waals surface area (Å²) in [5.41, 5.74) is 6.04. The number of nitrogens with zero attached hydrogens (tertiary/aromatic N) is 1. The molecule has 0 fully saturated rings. The zero-order valence-electron chi connectivity index (χ0n) is 10.4. The SMILES string of the molecule is Cc1cc(C(Cc2ccc(Cl)s2)NN)cc(C)n1. The topological polar surface area (TPSA) is 50.9 Å². The van der Waals surface area contributed by atoms with Gasteiger partial charge < -0.3 is 0 Å². The number of nitrogens with two attached hydrogens (primary N) is 1. The van der Waals surface area contributed by atoms with Gasteiger partial charge in [-0.05, 0) is 43.7 Å². The lowest BCUT2D eigenvalue weighted by molar-refractivity contribution is 0.554. The molecule has 0 aliphatic rings. The smallest absolute Gasteiger partial charge is 0.0931 e. The highest BCUT2D eigenvalue weighted by Crippen LogP contribution is 2.26. The second-order valence-electron chi connectivity index (χ2n) is 4.31. The largest absolute Gasteiger partial charge is 0.271 e. The molecule has 1 unspecified atom stereocenters. The molecule has 2 aromatic heterocycles. The summed E-state index contributed by atoms with van der Waals surface area (Å²) in [7, 11) is 0. The van der Waals surface area contributed by atoms with Crippen LogP contribution in [0.2, 0.25) is 4.34 Å². The van der Waals surface area contributed by atoms with E-state index in [2.05, 4.69) is 22.5 Å². The molecule has 3 nitrogen and oxygen atoms in total. The molecule has 2 rings (SSSR count). The monoisotopic (exact) mass is 281 g/mol. The van der Waals surface area contributed by atoms with Crippen molar-refractivity contribution in [2.75, 3.05) is 0 Å². The van der Waals surface area contributed by atoms with E-state index in [1.807, 2.05) is 26.0 Å². The van der Waals surface area contributed by atoms with Crippen molar-refractivity contribution in [1.82, 2.24) is 10.4 Å². The van der Waals surface area contributed by atoms with Gasteiger partial charge in [-0.1, -0.05) is 11.6 Å². The van der Waals surface area contributed by atoms with E-state index in [4.69, 9.17) is 17.4 Å². The summed E-state index contributed by atoms with van der Waals surface area (Å²) in [5.74, 6) is 5.66. The molecule has 2 heterocycles. The minimum absolute atomic E-state index is 0.0834. The fourth-order valence-corrected chi connectivity index (χ4v) is 3.14. The van der Waals surface area contributed by atoms with E-state index in [1.54, 1.807) is 11.3 Å². The highest BCUT2D eigenvalue weighted by Gasteiger charge is 2.13. The van der Waals surface area contributed by atoms with E-state index in [-0.39, 0.29) is 6.04 Å². The van der Waals surface area contributed by atoms with E-state index in [0.717, 1.165) is 27.7 Å². The molecule has 0 amide bonds. The first kappa shape index (κ1) is 13.5. The van der Waals surface area contributed by atoms with Crippen molar-refractivity contribution >= 4 is 22.9 Å². The van der Waals surface area contributed by atoms with Crippen molar-refractivity contribution in [2.24, 2.45) is 5.84 Å². The van der Waals surface area contributed by atoms with E-state index < -0.39 is 0 Å². The maximum Gasteiger partial charge on any atom is 0.0931 e. The van der Waals surface area contributed by atoms with Crippen LogP contribution in [-0.4, -0.2) is 4.98 Å². The zero-order valence-corrected chi connectivity index (χ0v) is 12.0. The van der Waals surface area contributed by atoms with Crippen LogP contribution in [0, 0.1) is 13.8 Å². The van der Waals surface area contributed by atoms with Crippen LogP contribution in [0.4, 0.5) is 0 Å². The molecule has 0 radical (unpaired) electrons. The normalized spacial score (nSPS) is 12.7. The number of thiophene rings is 1. The van der Waals surface area contributed by atoms with Gasteiger partial charge >= 0.3 is 0 Å². The number of rotatable bonds is 4. The van der Waals surface area contributed by atoms with Crippen LogP contribution in [0.1, 0.15) is 27.9 Å². The number of hydrogen-bond acceptors (Lipinski definition) is 4. The van der Waals surface area contributed by atoms with Gasteiger partial charge in [0.2, 0.25) is 0 Å². The molecule has 0 spiro atoms. The average Bonchev–Trinajstić information content (AvgIpc) is 2.70. The van der Waals surface area contributed by atoms with E-state index in [9.17, 15) is 0 Å². The van der Waals surface area contributed by atoms with Crippen molar-refractivity contribution in [3.8, 4) is 0 Å². The van der Waals surface area contributed by atoms with Crippen LogP contribution >= 0.6 is 22.9 Å². The number of halogens is 1. The van der Waals surface area contributed by atoms with E-state index in [0.29, 0.717) is 0 Å².